The average Bonchev–Trinajstić information content (AvgIpc) is 2.78. The first-order chi connectivity index (χ1) is 10.9. The molecule has 23 heavy (non-hydrogen) atoms. The van der Waals surface area contributed by atoms with Gasteiger partial charge in [-0.05, 0) is 24.6 Å². The van der Waals surface area contributed by atoms with Gasteiger partial charge in [0.25, 0.3) is 5.91 Å². The molecule has 0 saturated carbocycles. The summed E-state index contributed by atoms with van der Waals surface area (Å²) in [7, 11) is 1.31. The molecule has 0 spiro atoms. The van der Waals surface area contributed by atoms with Crippen molar-refractivity contribution in [3.63, 3.8) is 0 Å². The molecule has 1 fully saturated rings. The molecule has 1 amide bonds. The molecule has 1 aliphatic rings. The molecule has 0 unspecified atom stereocenters. The largest absolute Gasteiger partial charge is 0.469 e. The number of thiocarbonyl (C=S) groups is 1. The predicted octanol–water partition coefficient (Wildman–Crippen LogP) is 3.63. The molecule has 1 aromatic rings. The van der Waals surface area contributed by atoms with Gasteiger partial charge in [-0.1, -0.05) is 41.6 Å². The van der Waals surface area contributed by atoms with Crippen molar-refractivity contribution in [1.29, 1.82) is 0 Å². The Balaban J connectivity index is 2.12. The van der Waals surface area contributed by atoms with Gasteiger partial charge in [-0.25, -0.2) is 4.39 Å². The van der Waals surface area contributed by atoms with Crippen molar-refractivity contribution in [2.75, 3.05) is 13.7 Å². The summed E-state index contributed by atoms with van der Waals surface area (Å²) in [5.74, 6) is -1.17. The van der Waals surface area contributed by atoms with E-state index in [-0.39, 0.29) is 28.9 Å². The number of halogens is 2. The highest BCUT2D eigenvalue weighted by atomic mass is 35.5. The van der Waals surface area contributed by atoms with Gasteiger partial charge >= 0.3 is 5.97 Å². The van der Waals surface area contributed by atoms with Gasteiger partial charge < -0.3 is 4.74 Å². The first-order valence-electron chi connectivity index (χ1n) is 6.70. The number of nitrogens with zero attached hydrogens (tertiary/aromatic N) is 1. The van der Waals surface area contributed by atoms with Gasteiger partial charge in [0.15, 0.2) is 0 Å². The van der Waals surface area contributed by atoms with E-state index >= 15 is 0 Å². The van der Waals surface area contributed by atoms with Crippen LogP contribution in [0.25, 0.3) is 6.08 Å². The van der Waals surface area contributed by atoms with Gasteiger partial charge in [-0.2, -0.15) is 0 Å². The van der Waals surface area contributed by atoms with Crippen LogP contribution in [-0.4, -0.2) is 34.8 Å². The quantitative estimate of drug-likeness (QED) is 0.448. The molecule has 0 N–H and O–H groups in total. The zero-order valence-corrected chi connectivity index (χ0v) is 14.6. The van der Waals surface area contributed by atoms with Crippen molar-refractivity contribution >= 4 is 57.9 Å². The van der Waals surface area contributed by atoms with E-state index in [4.69, 9.17) is 23.8 Å². The summed E-state index contributed by atoms with van der Waals surface area (Å²) in [6, 6.07) is 4.31. The first kappa shape index (κ1) is 17.9. The molecule has 0 aromatic heterocycles. The van der Waals surface area contributed by atoms with E-state index in [0.717, 1.165) is 11.8 Å². The number of thioether (sulfide) groups is 1. The fourth-order valence-electron chi connectivity index (χ4n) is 1.96. The van der Waals surface area contributed by atoms with E-state index in [1.54, 1.807) is 6.07 Å². The monoisotopic (exact) mass is 373 g/mol. The van der Waals surface area contributed by atoms with Crippen LogP contribution in [0.2, 0.25) is 5.02 Å². The standard InChI is InChI=1S/C15H13ClFNO3S2/c1-21-13(19)6-3-7-18-14(20)12(23-15(18)22)8-9-10(16)4-2-5-11(9)17/h2,4-5,8H,3,6-7H2,1H3/b12-8-. The molecule has 0 radical (unpaired) electrons. The normalized spacial score (nSPS) is 16.3. The van der Waals surface area contributed by atoms with Crippen LogP contribution in [0.15, 0.2) is 23.1 Å². The van der Waals surface area contributed by atoms with Crippen molar-refractivity contribution in [2.45, 2.75) is 12.8 Å². The molecule has 1 heterocycles. The summed E-state index contributed by atoms with van der Waals surface area (Å²) in [5.41, 5.74) is 0.157. The average molecular weight is 374 g/mol. The maximum absolute atomic E-state index is 13.8. The Bertz CT molecular complexity index is 673. The van der Waals surface area contributed by atoms with Gasteiger partial charge in [0, 0.05) is 18.5 Å². The second-order valence-corrected chi connectivity index (χ2v) is 6.73. The Hall–Kier alpha value is -1.44. The van der Waals surface area contributed by atoms with Crippen LogP contribution in [-0.2, 0) is 14.3 Å². The molecule has 0 aliphatic carbocycles. The second-order valence-electron chi connectivity index (χ2n) is 4.65. The summed E-state index contributed by atoms with van der Waals surface area (Å²) in [6.45, 7) is 0.308. The second kappa shape index (κ2) is 7.90. The van der Waals surface area contributed by atoms with E-state index in [2.05, 4.69) is 4.74 Å². The lowest BCUT2D eigenvalue weighted by molar-refractivity contribution is -0.141. The number of benzene rings is 1. The van der Waals surface area contributed by atoms with Gasteiger partial charge in [0.2, 0.25) is 0 Å². The maximum Gasteiger partial charge on any atom is 0.305 e. The van der Waals surface area contributed by atoms with E-state index in [1.165, 1.54) is 30.2 Å². The zero-order chi connectivity index (χ0) is 17.0. The van der Waals surface area contributed by atoms with Crippen LogP contribution in [0.5, 0.6) is 0 Å². The van der Waals surface area contributed by atoms with Crippen LogP contribution < -0.4 is 0 Å². The van der Waals surface area contributed by atoms with E-state index < -0.39 is 5.82 Å². The number of hydrogen-bond donors (Lipinski definition) is 0. The van der Waals surface area contributed by atoms with Crippen LogP contribution in [0.4, 0.5) is 4.39 Å². The highest BCUT2D eigenvalue weighted by molar-refractivity contribution is 8.26. The highest BCUT2D eigenvalue weighted by Gasteiger charge is 2.32. The molecule has 2 rings (SSSR count). The van der Waals surface area contributed by atoms with Crippen LogP contribution in [0.1, 0.15) is 18.4 Å². The number of rotatable bonds is 5. The summed E-state index contributed by atoms with van der Waals surface area (Å²) in [4.78, 5) is 25.2. The van der Waals surface area contributed by atoms with E-state index in [0.29, 0.717) is 22.2 Å². The number of amides is 1. The predicted molar refractivity (Wildman–Crippen MR) is 92.5 cm³/mol. The third kappa shape index (κ3) is 4.31. The molecule has 4 nitrogen and oxygen atoms in total. The first-order valence-corrected chi connectivity index (χ1v) is 8.30. The van der Waals surface area contributed by atoms with Gasteiger partial charge in [0.05, 0.1) is 17.0 Å². The number of carbonyl (C=O) groups excluding carboxylic acids is 2. The molecule has 1 aromatic carbocycles. The number of esters is 1. The summed E-state index contributed by atoms with van der Waals surface area (Å²) < 4.78 is 18.7. The Morgan fingerprint density at radius 1 is 1.52 bits per heavy atom. The lowest BCUT2D eigenvalue weighted by Crippen LogP contribution is -2.29. The Kier molecular flexibility index (Phi) is 6.15. The van der Waals surface area contributed by atoms with Crippen LogP contribution in [0, 0.1) is 5.82 Å². The molecule has 8 heteroatoms. The summed E-state index contributed by atoms with van der Waals surface area (Å²) in [6.07, 6.45) is 2.04. The maximum atomic E-state index is 13.8. The van der Waals surface area contributed by atoms with Crippen molar-refractivity contribution in [3.05, 3.63) is 39.5 Å². The van der Waals surface area contributed by atoms with Crippen molar-refractivity contribution < 1.29 is 18.7 Å². The molecule has 1 saturated heterocycles. The minimum Gasteiger partial charge on any atom is -0.469 e. The lowest BCUT2D eigenvalue weighted by atomic mass is 10.2. The fraction of sp³-hybridized carbons (Fsp3) is 0.267. The molecular weight excluding hydrogens is 361 g/mol. The van der Waals surface area contributed by atoms with E-state index in [9.17, 15) is 14.0 Å². The number of hydrogen-bond acceptors (Lipinski definition) is 5. The lowest BCUT2D eigenvalue weighted by Gasteiger charge is -2.13. The van der Waals surface area contributed by atoms with E-state index in [1.807, 2.05) is 0 Å². The minimum atomic E-state index is -0.506. The van der Waals surface area contributed by atoms with Crippen LogP contribution in [0.3, 0.4) is 0 Å². The van der Waals surface area contributed by atoms with Gasteiger partial charge in [0.1, 0.15) is 10.1 Å². The molecule has 1 aliphatic heterocycles. The number of methoxy groups -OCH3 is 1. The smallest absolute Gasteiger partial charge is 0.305 e. The number of carbonyl (C=O) groups is 2. The fourth-order valence-corrected chi connectivity index (χ4v) is 3.46. The Labute approximate surface area is 147 Å². The summed E-state index contributed by atoms with van der Waals surface area (Å²) >= 11 is 12.2. The minimum absolute atomic E-state index is 0.157. The van der Waals surface area contributed by atoms with Crippen molar-refractivity contribution in [2.24, 2.45) is 0 Å². The third-order valence-corrected chi connectivity index (χ3v) is 4.85. The SMILES string of the molecule is COC(=O)CCCN1C(=O)/C(=C/c2c(F)cccc2Cl)SC1=S. The molecular formula is C15H13ClFNO3S2. The topological polar surface area (TPSA) is 46.6 Å². The van der Waals surface area contributed by atoms with Gasteiger partial charge in [-0.3, -0.25) is 14.5 Å². The Morgan fingerprint density at radius 2 is 2.26 bits per heavy atom. The number of ether oxygens (including phenoxy) is 1. The highest BCUT2D eigenvalue weighted by Crippen LogP contribution is 2.34. The summed E-state index contributed by atoms with van der Waals surface area (Å²) in [5, 5.41) is 0.223. The Morgan fingerprint density at radius 3 is 2.91 bits per heavy atom. The van der Waals surface area contributed by atoms with Crippen molar-refractivity contribution in [3.8, 4) is 0 Å². The molecule has 122 valence electrons. The molecule has 0 atom stereocenters. The van der Waals surface area contributed by atoms with Gasteiger partial charge in [-0.15, -0.1) is 0 Å². The van der Waals surface area contributed by atoms with Crippen molar-refractivity contribution in [1.82, 2.24) is 4.90 Å². The zero-order valence-electron chi connectivity index (χ0n) is 12.2. The van der Waals surface area contributed by atoms with Crippen LogP contribution >= 0.6 is 35.6 Å². The molecule has 0 bridgehead atoms. The third-order valence-electron chi connectivity index (χ3n) is 3.14.